The zero-order valence-electron chi connectivity index (χ0n) is 8.00. The Morgan fingerprint density at radius 1 is 1.54 bits per heavy atom. The molecule has 13 heavy (non-hydrogen) atoms. The summed E-state index contributed by atoms with van der Waals surface area (Å²) in [4.78, 5) is 22.4. The molecule has 0 radical (unpaired) electrons. The standard InChI is InChI=1S/C9H15NO3/c1-3-7(9(12)13-2)10-8(11)6-4-5-6/h6-7H,3-5H2,1-2H3,(H,10,11)/t7-/m0/s1. The molecule has 0 spiro atoms. The van der Waals surface area contributed by atoms with Gasteiger partial charge in [0.2, 0.25) is 5.91 Å². The Morgan fingerprint density at radius 3 is 2.54 bits per heavy atom. The maximum absolute atomic E-state index is 11.3. The second-order valence-corrected chi connectivity index (χ2v) is 3.27. The Hall–Kier alpha value is -1.06. The molecule has 0 aromatic rings. The van der Waals surface area contributed by atoms with E-state index >= 15 is 0 Å². The van der Waals surface area contributed by atoms with Crippen molar-refractivity contribution >= 4 is 11.9 Å². The molecule has 0 aliphatic heterocycles. The maximum atomic E-state index is 11.3. The summed E-state index contributed by atoms with van der Waals surface area (Å²) in [6.07, 6.45) is 2.47. The van der Waals surface area contributed by atoms with Crippen LogP contribution in [0.1, 0.15) is 26.2 Å². The monoisotopic (exact) mass is 185 g/mol. The first-order valence-corrected chi connectivity index (χ1v) is 4.57. The molecule has 0 heterocycles. The summed E-state index contributed by atoms with van der Waals surface area (Å²) in [5.41, 5.74) is 0. The van der Waals surface area contributed by atoms with E-state index in [9.17, 15) is 9.59 Å². The van der Waals surface area contributed by atoms with Crippen LogP contribution in [0.2, 0.25) is 0 Å². The van der Waals surface area contributed by atoms with Gasteiger partial charge in [-0.15, -0.1) is 0 Å². The highest BCUT2D eigenvalue weighted by molar-refractivity contribution is 5.86. The third-order valence-corrected chi connectivity index (χ3v) is 2.16. The molecule has 74 valence electrons. The number of amides is 1. The van der Waals surface area contributed by atoms with Gasteiger partial charge in [0.25, 0.3) is 0 Å². The van der Waals surface area contributed by atoms with Crippen LogP contribution in [0.15, 0.2) is 0 Å². The normalized spacial score (nSPS) is 17.7. The summed E-state index contributed by atoms with van der Waals surface area (Å²) in [6.45, 7) is 1.84. The lowest BCUT2D eigenvalue weighted by atomic mass is 10.2. The predicted molar refractivity (Wildman–Crippen MR) is 47.0 cm³/mol. The van der Waals surface area contributed by atoms with E-state index < -0.39 is 6.04 Å². The predicted octanol–water partition coefficient (Wildman–Crippen LogP) is 0.464. The van der Waals surface area contributed by atoms with Crippen molar-refractivity contribution in [2.75, 3.05) is 7.11 Å². The van der Waals surface area contributed by atoms with Crippen molar-refractivity contribution in [1.29, 1.82) is 0 Å². The first-order valence-electron chi connectivity index (χ1n) is 4.57. The van der Waals surface area contributed by atoms with E-state index in [0.717, 1.165) is 12.8 Å². The molecule has 1 N–H and O–H groups in total. The van der Waals surface area contributed by atoms with Crippen molar-refractivity contribution in [3.05, 3.63) is 0 Å². The molecular weight excluding hydrogens is 170 g/mol. The highest BCUT2D eigenvalue weighted by atomic mass is 16.5. The summed E-state index contributed by atoms with van der Waals surface area (Å²) < 4.78 is 4.55. The van der Waals surface area contributed by atoms with Crippen molar-refractivity contribution < 1.29 is 14.3 Å². The smallest absolute Gasteiger partial charge is 0.328 e. The molecule has 1 amide bonds. The van der Waals surface area contributed by atoms with Crippen LogP contribution in [0.5, 0.6) is 0 Å². The van der Waals surface area contributed by atoms with Crippen molar-refractivity contribution in [2.45, 2.75) is 32.2 Å². The van der Waals surface area contributed by atoms with Crippen molar-refractivity contribution in [2.24, 2.45) is 5.92 Å². The van der Waals surface area contributed by atoms with Gasteiger partial charge in [-0.3, -0.25) is 4.79 Å². The van der Waals surface area contributed by atoms with E-state index in [4.69, 9.17) is 0 Å². The van der Waals surface area contributed by atoms with E-state index in [2.05, 4.69) is 10.1 Å². The third kappa shape index (κ3) is 2.72. The van der Waals surface area contributed by atoms with Gasteiger partial charge in [-0.1, -0.05) is 6.92 Å². The average Bonchev–Trinajstić information content (AvgIpc) is 2.95. The van der Waals surface area contributed by atoms with Gasteiger partial charge in [-0.05, 0) is 19.3 Å². The average molecular weight is 185 g/mol. The number of carbonyl (C=O) groups is 2. The number of esters is 1. The van der Waals surface area contributed by atoms with Crippen LogP contribution in [-0.2, 0) is 14.3 Å². The van der Waals surface area contributed by atoms with Crippen molar-refractivity contribution in [3.63, 3.8) is 0 Å². The number of hydrogen-bond donors (Lipinski definition) is 1. The van der Waals surface area contributed by atoms with Gasteiger partial charge in [0, 0.05) is 5.92 Å². The van der Waals surface area contributed by atoms with E-state index in [0.29, 0.717) is 6.42 Å². The number of hydrogen-bond acceptors (Lipinski definition) is 3. The topological polar surface area (TPSA) is 55.4 Å². The summed E-state index contributed by atoms with van der Waals surface area (Å²) in [7, 11) is 1.33. The highest BCUT2D eigenvalue weighted by Crippen LogP contribution is 2.28. The quantitative estimate of drug-likeness (QED) is 0.647. The molecule has 4 nitrogen and oxygen atoms in total. The lowest BCUT2D eigenvalue weighted by Crippen LogP contribution is -2.41. The molecule has 1 aliphatic carbocycles. The summed E-state index contributed by atoms with van der Waals surface area (Å²) >= 11 is 0. The van der Waals surface area contributed by atoms with Crippen molar-refractivity contribution in [3.8, 4) is 0 Å². The minimum atomic E-state index is -0.474. The Bertz CT molecular complexity index is 211. The van der Waals surface area contributed by atoms with Crippen LogP contribution in [0, 0.1) is 5.92 Å². The minimum absolute atomic E-state index is 0.0164. The molecule has 0 aromatic carbocycles. The second kappa shape index (κ2) is 4.25. The van der Waals surface area contributed by atoms with E-state index in [1.807, 2.05) is 6.92 Å². The Labute approximate surface area is 77.6 Å². The SMILES string of the molecule is CC[C@H](NC(=O)C1CC1)C(=O)OC. The molecule has 0 saturated heterocycles. The highest BCUT2D eigenvalue weighted by Gasteiger charge is 2.32. The first kappa shape index (κ1) is 10.0. The van der Waals surface area contributed by atoms with Crippen molar-refractivity contribution in [1.82, 2.24) is 5.32 Å². The lowest BCUT2D eigenvalue weighted by Gasteiger charge is -2.13. The zero-order chi connectivity index (χ0) is 9.84. The molecule has 1 atom stereocenters. The molecule has 4 heteroatoms. The molecule has 0 aromatic heterocycles. The van der Waals surface area contributed by atoms with Crippen LogP contribution in [0.25, 0.3) is 0 Å². The number of ether oxygens (including phenoxy) is 1. The second-order valence-electron chi connectivity index (χ2n) is 3.27. The fourth-order valence-corrected chi connectivity index (χ4v) is 1.11. The van der Waals surface area contributed by atoms with E-state index in [1.54, 1.807) is 0 Å². The first-order chi connectivity index (χ1) is 6.19. The molecule has 0 bridgehead atoms. The number of carbonyl (C=O) groups excluding carboxylic acids is 2. The Morgan fingerprint density at radius 2 is 2.15 bits per heavy atom. The number of methoxy groups -OCH3 is 1. The molecule has 1 rings (SSSR count). The lowest BCUT2D eigenvalue weighted by molar-refractivity contribution is -0.145. The fourth-order valence-electron chi connectivity index (χ4n) is 1.11. The molecule has 1 aliphatic rings. The van der Waals surface area contributed by atoms with E-state index in [-0.39, 0.29) is 17.8 Å². The van der Waals surface area contributed by atoms with Crippen LogP contribution in [0.4, 0.5) is 0 Å². The Kier molecular flexibility index (Phi) is 3.28. The van der Waals surface area contributed by atoms with E-state index in [1.165, 1.54) is 7.11 Å². The molecule has 0 unspecified atom stereocenters. The molecule has 1 fully saturated rings. The number of rotatable bonds is 4. The van der Waals surface area contributed by atoms with Gasteiger partial charge < -0.3 is 10.1 Å². The van der Waals surface area contributed by atoms with Gasteiger partial charge in [-0.25, -0.2) is 4.79 Å². The fraction of sp³-hybridized carbons (Fsp3) is 0.778. The summed E-state index contributed by atoms with van der Waals surface area (Å²) in [6, 6.07) is -0.474. The Balaban J connectivity index is 2.37. The molecular formula is C9H15NO3. The van der Waals surface area contributed by atoms with Gasteiger partial charge in [-0.2, -0.15) is 0 Å². The largest absolute Gasteiger partial charge is 0.467 e. The molecule has 1 saturated carbocycles. The summed E-state index contributed by atoms with van der Waals surface area (Å²) in [5, 5.41) is 2.67. The van der Waals surface area contributed by atoms with Gasteiger partial charge >= 0.3 is 5.97 Å². The maximum Gasteiger partial charge on any atom is 0.328 e. The minimum Gasteiger partial charge on any atom is -0.467 e. The third-order valence-electron chi connectivity index (χ3n) is 2.16. The van der Waals surface area contributed by atoms with Gasteiger partial charge in [0.15, 0.2) is 0 Å². The van der Waals surface area contributed by atoms with Crippen LogP contribution < -0.4 is 5.32 Å². The van der Waals surface area contributed by atoms with Gasteiger partial charge in [0.1, 0.15) is 6.04 Å². The number of nitrogens with one attached hydrogen (secondary N) is 1. The zero-order valence-corrected chi connectivity index (χ0v) is 8.00. The summed E-state index contributed by atoms with van der Waals surface area (Å²) in [5.74, 6) is -0.243. The van der Waals surface area contributed by atoms with Crippen LogP contribution >= 0.6 is 0 Å². The van der Waals surface area contributed by atoms with Gasteiger partial charge in [0.05, 0.1) is 7.11 Å². The van der Waals surface area contributed by atoms with Crippen LogP contribution in [-0.4, -0.2) is 25.0 Å². The van der Waals surface area contributed by atoms with Crippen LogP contribution in [0.3, 0.4) is 0 Å².